The van der Waals surface area contributed by atoms with Gasteiger partial charge in [-0.3, -0.25) is 4.79 Å². The van der Waals surface area contributed by atoms with Crippen LogP contribution in [0.15, 0.2) is 0 Å². The van der Waals surface area contributed by atoms with Crippen LogP contribution < -0.4 is 5.32 Å². The van der Waals surface area contributed by atoms with E-state index in [0.717, 1.165) is 32.1 Å². The number of rotatable bonds is 6. The smallest absolute Gasteiger partial charge is 0.308 e. The fourth-order valence-electron chi connectivity index (χ4n) is 2.30. The number of aliphatic hydroxyl groups is 2. The molecule has 3 N–H and O–H groups in total. The summed E-state index contributed by atoms with van der Waals surface area (Å²) in [6, 6.07) is 0.0318. The minimum absolute atomic E-state index is 0.00363. The van der Waals surface area contributed by atoms with E-state index < -0.39 is 6.10 Å². The van der Waals surface area contributed by atoms with Gasteiger partial charge in [-0.25, -0.2) is 0 Å². The van der Waals surface area contributed by atoms with E-state index in [1.165, 1.54) is 0 Å². The lowest BCUT2D eigenvalue weighted by Gasteiger charge is -2.23. The minimum Gasteiger partial charge on any atom is -0.466 e. The van der Waals surface area contributed by atoms with Gasteiger partial charge in [0.25, 0.3) is 0 Å². The van der Waals surface area contributed by atoms with Crippen LogP contribution in [0, 0.1) is 0 Å². The summed E-state index contributed by atoms with van der Waals surface area (Å²) in [5.74, 6) is -0.381. The van der Waals surface area contributed by atoms with Crippen LogP contribution >= 0.6 is 0 Å². The highest BCUT2D eigenvalue weighted by Gasteiger charge is 2.22. The third kappa shape index (κ3) is 5.80. The number of hydrogen-bond acceptors (Lipinski definition) is 5. The molecule has 0 spiro atoms. The van der Waals surface area contributed by atoms with Crippen molar-refractivity contribution in [3.8, 4) is 0 Å². The highest BCUT2D eigenvalue weighted by molar-refractivity contribution is 5.69. The maximum atomic E-state index is 11.2. The number of carbonyl (C=O) groups excluding carboxylic acids is 1. The van der Waals surface area contributed by atoms with E-state index in [9.17, 15) is 15.0 Å². The molecule has 1 fully saturated rings. The largest absolute Gasteiger partial charge is 0.466 e. The van der Waals surface area contributed by atoms with Gasteiger partial charge in [0.05, 0.1) is 25.2 Å². The third-order valence-corrected chi connectivity index (χ3v) is 3.30. The molecule has 1 saturated carbocycles. The third-order valence-electron chi connectivity index (χ3n) is 3.30. The predicted octanol–water partition coefficient (Wildman–Crippen LogP) is 0.584. The maximum absolute atomic E-state index is 11.2. The molecule has 3 unspecified atom stereocenters. The Kier molecular flexibility index (Phi) is 7.23. The van der Waals surface area contributed by atoms with Crippen LogP contribution in [0.2, 0.25) is 0 Å². The molecule has 3 atom stereocenters. The van der Waals surface area contributed by atoms with Gasteiger partial charge >= 0.3 is 5.97 Å². The molecule has 0 bridgehead atoms. The number of ether oxygens (including phenoxy) is 1. The quantitative estimate of drug-likeness (QED) is 0.480. The van der Waals surface area contributed by atoms with E-state index in [0.29, 0.717) is 13.2 Å². The molecule has 5 heteroatoms. The molecule has 5 nitrogen and oxygen atoms in total. The van der Waals surface area contributed by atoms with E-state index in [1.54, 1.807) is 6.92 Å². The molecule has 106 valence electrons. The molecule has 0 heterocycles. The second-order valence-electron chi connectivity index (χ2n) is 4.88. The Hall–Kier alpha value is -0.650. The Balaban J connectivity index is 2.23. The Bertz CT molecular complexity index is 247. The summed E-state index contributed by atoms with van der Waals surface area (Å²) in [7, 11) is 0. The highest BCUT2D eigenvalue weighted by Crippen LogP contribution is 2.18. The van der Waals surface area contributed by atoms with Crippen molar-refractivity contribution in [2.45, 2.75) is 63.7 Å². The molecule has 0 aromatic rings. The lowest BCUT2D eigenvalue weighted by atomic mass is 10.1. The van der Waals surface area contributed by atoms with Gasteiger partial charge in [-0.05, 0) is 19.8 Å². The summed E-state index contributed by atoms with van der Waals surface area (Å²) in [6.07, 6.45) is 3.96. The zero-order valence-electron chi connectivity index (χ0n) is 11.1. The van der Waals surface area contributed by atoms with Crippen molar-refractivity contribution in [2.75, 3.05) is 13.2 Å². The average Bonchev–Trinajstić information content (AvgIpc) is 2.51. The molecule has 0 radical (unpaired) electrons. The van der Waals surface area contributed by atoms with Crippen LogP contribution in [0.1, 0.15) is 45.4 Å². The number of hydrogen-bond donors (Lipinski definition) is 3. The summed E-state index contributed by atoms with van der Waals surface area (Å²) in [4.78, 5) is 11.2. The van der Waals surface area contributed by atoms with Crippen molar-refractivity contribution in [3.05, 3.63) is 0 Å². The summed E-state index contributed by atoms with van der Waals surface area (Å²) >= 11 is 0. The normalized spacial score (nSPS) is 26.4. The summed E-state index contributed by atoms with van der Waals surface area (Å²) in [6.45, 7) is 2.39. The highest BCUT2D eigenvalue weighted by atomic mass is 16.5. The van der Waals surface area contributed by atoms with E-state index in [4.69, 9.17) is 4.74 Å². The Labute approximate surface area is 109 Å². The van der Waals surface area contributed by atoms with Crippen LogP contribution in [0.25, 0.3) is 0 Å². The zero-order chi connectivity index (χ0) is 13.4. The lowest BCUT2D eigenvalue weighted by Crippen LogP contribution is -2.43. The second kappa shape index (κ2) is 8.45. The van der Waals surface area contributed by atoms with Crippen molar-refractivity contribution in [3.63, 3.8) is 0 Å². The van der Waals surface area contributed by atoms with Gasteiger partial charge in [0.2, 0.25) is 0 Å². The van der Waals surface area contributed by atoms with Gasteiger partial charge in [-0.1, -0.05) is 19.3 Å². The lowest BCUT2D eigenvalue weighted by molar-refractivity contribution is -0.145. The molecular formula is C13H25NO4. The average molecular weight is 259 g/mol. The van der Waals surface area contributed by atoms with E-state index >= 15 is 0 Å². The van der Waals surface area contributed by atoms with Gasteiger partial charge in [-0.15, -0.1) is 0 Å². The van der Waals surface area contributed by atoms with E-state index in [2.05, 4.69) is 5.32 Å². The summed E-state index contributed by atoms with van der Waals surface area (Å²) in [5.41, 5.74) is 0. The Morgan fingerprint density at radius 2 is 2.11 bits per heavy atom. The first-order valence-electron chi connectivity index (χ1n) is 6.88. The first-order valence-corrected chi connectivity index (χ1v) is 6.88. The van der Waals surface area contributed by atoms with E-state index in [-0.39, 0.29) is 24.5 Å². The molecule has 0 saturated heterocycles. The molecule has 0 amide bonds. The first kappa shape index (κ1) is 15.4. The Morgan fingerprint density at radius 1 is 1.39 bits per heavy atom. The number of carbonyl (C=O) groups is 1. The zero-order valence-corrected chi connectivity index (χ0v) is 11.1. The molecule has 1 aliphatic carbocycles. The van der Waals surface area contributed by atoms with Gasteiger partial charge in [0.15, 0.2) is 0 Å². The van der Waals surface area contributed by atoms with Crippen molar-refractivity contribution in [2.24, 2.45) is 0 Å². The van der Waals surface area contributed by atoms with Crippen molar-refractivity contribution in [1.82, 2.24) is 5.32 Å². The van der Waals surface area contributed by atoms with Gasteiger partial charge in [0, 0.05) is 12.6 Å². The van der Waals surface area contributed by atoms with Gasteiger partial charge < -0.3 is 20.3 Å². The van der Waals surface area contributed by atoms with Gasteiger partial charge in [-0.2, -0.15) is 0 Å². The van der Waals surface area contributed by atoms with Crippen LogP contribution in [0.3, 0.4) is 0 Å². The van der Waals surface area contributed by atoms with Crippen LogP contribution in [0.5, 0.6) is 0 Å². The number of aliphatic hydroxyl groups excluding tert-OH is 2. The number of nitrogens with one attached hydrogen (secondary N) is 1. The molecule has 1 aliphatic rings. The minimum atomic E-state index is -0.750. The monoisotopic (exact) mass is 259 g/mol. The SMILES string of the molecule is CCOC(=O)CC(O)CNC1CCCCCC1O. The fraction of sp³-hybridized carbons (Fsp3) is 0.923. The van der Waals surface area contributed by atoms with E-state index in [1.807, 2.05) is 0 Å². The van der Waals surface area contributed by atoms with Crippen LogP contribution in [0.4, 0.5) is 0 Å². The second-order valence-corrected chi connectivity index (χ2v) is 4.88. The molecule has 0 aromatic carbocycles. The van der Waals surface area contributed by atoms with Crippen molar-refractivity contribution < 1.29 is 19.7 Å². The molecule has 0 aliphatic heterocycles. The van der Waals surface area contributed by atoms with Gasteiger partial charge in [0.1, 0.15) is 0 Å². The molecule has 0 aromatic heterocycles. The molecule has 1 rings (SSSR count). The number of esters is 1. The summed E-state index contributed by atoms with van der Waals surface area (Å²) in [5, 5.41) is 22.7. The standard InChI is InChI=1S/C13H25NO4/c1-2-18-13(17)8-10(15)9-14-11-6-4-3-5-7-12(11)16/h10-12,14-16H,2-9H2,1H3. The molecule has 18 heavy (non-hydrogen) atoms. The summed E-state index contributed by atoms with van der Waals surface area (Å²) < 4.78 is 4.77. The maximum Gasteiger partial charge on any atom is 0.308 e. The van der Waals surface area contributed by atoms with Crippen molar-refractivity contribution in [1.29, 1.82) is 0 Å². The topological polar surface area (TPSA) is 78.8 Å². The fourth-order valence-corrected chi connectivity index (χ4v) is 2.30. The molecular weight excluding hydrogens is 234 g/mol. The Morgan fingerprint density at radius 3 is 2.83 bits per heavy atom. The van der Waals surface area contributed by atoms with Crippen molar-refractivity contribution >= 4 is 5.97 Å². The van der Waals surface area contributed by atoms with Crippen LogP contribution in [-0.4, -0.2) is 47.6 Å². The first-order chi connectivity index (χ1) is 8.63. The predicted molar refractivity (Wildman–Crippen MR) is 68.1 cm³/mol. The van der Waals surface area contributed by atoms with Crippen LogP contribution in [-0.2, 0) is 9.53 Å².